The highest BCUT2D eigenvalue weighted by Gasteiger charge is 2.37. The molecule has 1 aliphatic carbocycles. The molecule has 27 rings (SSSR count). The first-order valence-electron chi connectivity index (χ1n) is 45.4. The zero-order chi connectivity index (χ0) is 88.9. The van der Waals surface area contributed by atoms with Gasteiger partial charge in [0.15, 0.2) is 17.5 Å². The lowest BCUT2D eigenvalue weighted by Crippen LogP contribution is -2.14. The van der Waals surface area contributed by atoms with Gasteiger partial charge in [-0.05, 0) is 138 Å². The summed E-state index contributed by atoms with van der Waals surface area (Å²) in [6.07, 6.45) is 0. The van der Waals surface area contributed by atoms with Gasteiger partial charge < -0.3 is 22.5 Å². The third kappa shape index (κ3) is 13.8. The van der Waals surface area contributed by atoms with Crippen molar-refractivity contribution in [3.05, 3.63) is 466 Å². The average Bonchev–Trinajstić information content (AvgIpc) is 1.54. The van der Waals surface area contributed by atoms with E-state index in [9.17, 15) is 0 Å². The van der Waals surface area contributed by atoms with Gasteiger partial charge in [0.05, 0.1) is 67.3 Å². The molecule has 1 aliphatic rings. The molecule has 0 unspecified atom stereocenters. The van der Waals surface area contributed by atoms with Gasteiger partial charge in [-0.25, -0.2) is 29.9 Å². The van der Waals surface area contributed by atoms with Crippen LogP contribution in [0.3, 0.4) is 0 Å². The molecule has 26 aromatic rings. The molecule has 0 saturated carbocycles. The Balaban J connectivity index is 0.000000108. The zero-order valence-corrected chi connectivity index (χ0v) is 73.1. The smallest absolute Gasteiger partial charge is 0.160 e. The van der Waals surface area contributed by atoms with Crippen LogP contribution in [0.1, 0.15) is 25.0 Å². The minimum Gasteiger partial charge on any atom is -0.456 e. The Morgan fingerprint density at radius 3 is 0.858 bits per heavy atom. The maximum Gasteiger partial charge on any atom is 0.160 e. The molecule has 11 heteroatoms. The monoisotopic (exact) mass is 1720 g/mol. The van der Waals surface area contributed by atoms with Gasteiger partial charge >= 0.3 is 0 Å². The van der Waals surface area contributed by atoms with Crippen molar-refractivity contribution in [1.29, 1.82) is 0 Å². The third-order valence-corrected chi connectivity index (χ3v) is 26.4. The fourth-order valence-corrected chi connectivity index (χ4v) is 20.0. The van der Waals surface area contributed by atoms with E-state index in [1.165, 1.54) is 60.2 Å². The van der Waals surface area contributed by atoms with Gasteiger partial charge in [0.2, 0.25) is 0 Å². The van der Waals surface area contributed by atoms with Crippen molar-refractivity contribution in [2.24, 2.45) is 0 Å². The van der Waals surface area contributed by atoms with E-state index < -0.39 is 0 Å². The van der Waals surface area contributed by atoms with Crippen molar-refractivity contribution >= 4 is 109 Å². The van der Waals surface area contributed by atoms with Gasteiger partial charge in [0.1, 0.15) is 22.3 Å². The second-order valence-corrected chi connectivity index (χ2v) is 34.8. The molecule has 18 aromatic carbocycles. The van der Waals surface area contributed by atoms with Gasteiger partial charge in [-0.15, -0.1) is 0 Å². The molecule has 0 fully saturated rings. The molecule has 0 N–H and O–H groups in total. The third-order valence-electron chi connectivity index (χ3n) is 26.4. The quantitative estimate of drug-likeness (QED) is 0.119. The van der Waals surface area contributed by atoms with E-state index in [2.05, 4.69) is 373 Å². The lowest BCUT2D eigenvalue weighted by molar-refractivity contribution is 0.661. The average molecular weight is 1720 g/mol. The highest BCUT2D eigenvalue weighted by molar-refractivity contribution is 6.19. The summed E-state index contributed by atoms with van der Waals surface area (Å²) in [4.78, 5) is 30.5. The Morgan fingerprint density at radius 2 is 0.470 bits per heavy atom. The fourth-order valence-electron chi connectivity index (χ4n) is 20.0. The Hall–Kier alpha value is -17.8. The maximum absolute atomic E-state index is 6.32. The first kappa shape index (κ1) is 78.5. The molecule has 0 atom stereocenters. The minimum absolute atomic E-state index is 0.0805. The second kappa shape index (κ2) is 32.4. The van der Waals surface area contributed by atoms with Gasteiger partial charge in [-0.3, -0.25) is 0 Å². The van der Waals surface area contributed by atoms with Crippen molar-refractivity contribution in [3.63, 3.8) is 0 Å². The summed E-state index contributed by atoms with van der Waals surface area (Å²) >= 11 is 0. The van der Waals surface area contributed by atoms with Crippen LogP contribution in [0, 0.1) is 0 Å². The summed E-state index contributed by atoms with van der Waals surface area (Å²) < 4.78 is 19.7. The number of hydrogen-bond donors (Lipinski definition) is 0. The Morgan fingerprint density at radius 1 is 0.179 bits per heavy atom. The van der Waals surface area contributed by atoms with Gasteiger partial charge in [-0.2, -0.15) is 0 Å². The molecule has 134 heavy (non-hydrogen) atoms. The van der Waals surface area contributed by atoms with Crippen LogP contribution in [-0.4, -0.2) is 43.6 Å². The number of aromatic nitrogens is 9. The number of fused-ring (bicyclic) bond motifs is 18. The normalized spacial score (nSPS) is 12.2. The molecule has 630 valence electrons. The number of furan rings is 2. The highest BCUT2D eigenvalue weighted by Crippen LogP contribution is 2.52. The molecule has 0 aliphatic heterocycles. The second-order valence-electron chi connectivity index (χ2n) is 34.8. The summed E-state index contributed by atoms with van der Waals surface area (Å²) in [5, 5.41) is 11.7. The van der Waals surface area contributed by atoms with Crippen LogP contribution in [0.5, 0.6) is 0 Å². The number of para-hydroxylation sites is 5. The summed E-state index contributed by atoms with van der Waals surface area (Å²) in [6, 6.07) is 159. The molecule has 0 bridgehead atoms. The lowest BCUT2D eigenvalue weighted by atomic mass is 9.82. The Kier molecular flexibility index (Phi) is 19.0. The minimum atomic E-state index is -0.0805. The van der Waals surface area contributed by atoms with Gasteiger partial charge in [-0.1, -0.05) is 347 Å². The number of rotatable bonds is 12. The zero-order valence-electron chi connectivity index (χ0n) is 73.1. The van der Waals surface area contributed by atoms with Crippen molar-refractivity contribution in [2.75, 3.05) is 0 Å². The molecular weight excluding hydrogens is 1640 g/mol. The van der Waals surface area contributed by atoms with Crippen molar-refractivity contribution in [1.82, 2.24) is 43.6 Å². The molecule has 0 spiro atoms. The van der Waals surface area contributed by atoms with Crippen LogP contribution in [0.4, 0.5) is 0 Å². The SMILES string of the molecule is CC1(C)c2ccccc2-c2cc3c4ccccc4n(-c4cccc(-c5nc(-c6ccccc6)cc(-c6ccccc6)n5)c4)c3cc21.c1ccc(-c2cc(-c3ccccc3)nc(-c3cccc(-n4c5ccccc5c5cc6c(cc54)oc4ccccc46)c3)n2)cc1.c1ccc(-c2cc(-c3ccccc3)nc(-c3cccc(-n4c5ccccc5c5cc6oc7ccccc7c6cc54)c3)n2)cc1. The van der Waals surface area contributed by atoms with Crippen molar-refractivity contribution in [3.8, 4) is 130 Å². The molecule has 11 nitrogen and oxygen atoms in total. The number of benzene rings is 18. The van der Waals surface area contributed by atoms with E-state index in [1.807, 2.05) is 109 Å². The number of hydrogen-bond acceptors (Lipinski definition) is 8. The van der Waals surface area contributed by atoms with E-state index in [1.54, 1.807) is 0 Å². The topological polar surface area (TPSA) is 118 Å². The van der Waals surface area contributed by atoms with E-state index in [0.29, 0.717) is 17.5 Å². The van der Waals surface area contributed by atoms with Crippen LogP contribution in [0.25, 0.3) is 239 Å². The van der Waals surface area contributed by atoms with Crippen LogP contribution in [-0.2, 0) is 5.41 Å². The van der Waals surface area contributed by atoms with Gasteiger partial charge in [0, 0.05) is 132 Å². The Labute approximate surface area is 771 Å². The molecular formula is C123H81N9O2. The molecule has 8 aromatic heterocycles. The van der Waals surface area contributed by atoms with E-state index in [-0.39, 0.29) is 5.41 Å². The summed E-state index contributed by atoms with van der Waals surface area (Å²) in [7, 11) is 0. The fraction of sp³-hybridized carbons (Fsp3) is 0.0244. The predicted molar refractivity (Wildman–Crippen MR) is 550 cm³/mol. The molecule has 0 saturated heterocycles. The van der Waals surface area contributed by atoms with Gasteiger partial charge in [0.25, 0.3) is 0 Å². The lowest BCUT2D eigenvalue weighted by Gasteiger charge is -2.21. The van der Waals surface area contributed by atoms with Crippen molar-refractivity contribution < 1.29 is 8.83 Å². The van der Waals surface area contributed by atoms with E-state index in [4.69, 9.17) is 38.7 Å². The number of nitrogens with zero attached hydrogens (tertiary/aromatic N) is 9. The van der Waals surface area contributed by atoms with E-state index >= 15 is 0 Å². The summed E-state index contributed by atoms with van der Waals surface area (Å²) in [6.45, 7) is 4.69. The first-order chi connectivity index (χ1) is 66.2. The highest BCUT2D eigenvalue weighted by atomic mass is 16.3. The van der Waals surface area contributed by atoms with Crippen LogP contribution >= 0.6 is 0 Å². The van der Waals surface area contributed by atoms with Crippen LogP contribution < -0.4 is 0 Å². The van der Waals surface area contributed by atoms with Crippen molar-refractivity contribution in [2.45, 2.75) is 19.3 Å². The summed E-state index contributed by atoms with van der Waals surface area (Å²) in [5.41, 5.74) is 33.7. The standard InChI is InChI=1S/C43H31N3.2C40H25N3O/c1-43(2)36-22-11-9-20-32(36)34-25-35-33-21-10-12-23-40(33)46(41(35)26-37(34)43)31-19-13-18-30(24-31)42-44-38(28-14-5-3-6-15-28)27-39(45-42)29-16-7-4-8-17-29;1-3-12-26(13-4-1)34-25-35(27-14-5-2-6-15-27)42-40(41-34)28-16-11-17-29(22-28)43-36-20-9-7-18-30(36)32-24-39-33(23-37(32)43)31-19-8-10-21-38(31)44-39;1-3-12-26(13-4-1)34-24-35(27-14-5-2-6-15-27)42-40(41-34)28-16-11-17-29(22-28)43-36-20-9-7-18-30(36)32-23-33-31-19-8-10-21-38(31)44-39(33)25-37(32)43/h3-27H,1-2H3;2*1-25H. The molecule has 0 amide bonds. The maximum atomic E-state index is 6.32. The van der Waals surface area contributed by atoms with E-state index in [0.717, 1.165) is 173 Å². The Bertz CT molecular complexity index is 8910. The first-order valence-corrected chi connectivity index (χ1v) is 45.4. The molecule has 8 heterocycles. The predicted octanol–water partition coefficient (Wildman–Crippen LogP) is 31.8. The van der Waals surface area contributed by atoms with Crippen LogP contribution in [0.15, 0.2) is 464 Å². The van der Waals surface area contributed by atoms with Crippen LogP contribution in [0.2, 0.25) is 0 Å². The molecule has 0 radical (unpaired) electrons. The summed E-state index contributed by atoms with van der Waals surface area (Å²) in [5.74, 6) is 2.09. The largest absolute Gasteiger partial charge is 0.456 e.